The van der Waals surface area contributed by atoms with E-state index in [1.54, 1.807) is 30.7 Å². The number of sulfonamides is 2. The summed E-state index contributed by atoms with van der Waals surface area (Å²) in [4.78, 5) is 29.7. The lowest BCUT2D eigenvalue weighted by Crippen LogP contribution is -2.27. The Morgan fingerprint density at radius 3 is 1.93 bits per heavy atom. The number of hydrogen-bond donors (Lipinski definition) is 5. The molecule has 0 aliphatic heterocycles. The first kappa shape index (κ1) is 69.9. The molecule has 0 saturated heterocycles. The minimum absolute atomic E-state index is 0.0811. The molecule has 0 saturated carbocycles. The predicted octanol–water partition coefficient (Wildman–Crippen LogP) is 16.1. The second kappa shape index (κ2) is 31.1. The van der Waals surface area contributed by atoms with Crippen molar-refractivity contribution >= 4 is 127 Å². The molecule has 22 nitrogen and oxygen atoms in total. The van der Waals surface area contributed by atoms with Gasteiger partial charge in [-0.1, -0.05) is 109 Å². The lowest BCUT2D eigenvalue weighted by atomic mass is 9.90. The molecule has 8 rings (SSSR count). The average Bonchev–Trinajstić information content (AvgIpc) is 1.27. The van der Waals surface area contributed by atoms with Crippen molar-refractivity contribution in [2.24, 2.45) is 10.2 Å². The van der Waals surface area contributed by atoms with E-state index in [4.69, 9.17) is 48.9 Å². The molecule has 482 valence electrons. The number of fused-ring (bicyclic) bond motifs is 2. The monoisotopic (exact) mass is 1340 g/mol. The highest BCUT2D eigenvalue weighted by atomic mass is 32.2. The van der Waals surface area contributed by atoms with Gasteiger partial charge in [-0.3, -0.25) is 4.90 Å². The summed E-state index contributed by atoms with van der Waals surface area (Å²) in [6, 6.07) is 18.6. The molecule has 90 heavy (non-hydrogen) atoms. The number of benzene rings is 4. The van der Waals surface area contributed by atoms with Gasteiger partial charge in [0.05, 0.1) is 65.7 Å². The highest BCUT2D eigenvalue weighted by Crippen LogP contribution is 2.48. The van der Waals surface area contributed by atoms with Gasteiger partial charge in [0.25, 0.3) is 0 Å². The summed E-state index contributed by atoms with van der Waals surface area (Å²) in [6.07, 6.45) is 6.75. The molecule has 0 unspecified atom stereocenters. The van der Waals surface area contributed by atoms with Crippen molar-refractivity contribution in [1.82, 2.24) is 45.1 Å². The number of nitrogens with one attached hydrogen (secondary N) is 5. The summed E-state index contributed by atoms with van der Waals surface area (Å²) < 4.78 is 75.8. The second-order valence-corrected chi connectivity index (χ2v) is 29.8. The number of thiazole rings is 2. The van der Waals surface area contributed by atoms with E-state index >= 15 is 0 Å². The first-order valence-corrected chi connectivity index (χ1v) is 36.1. The van der Waals surface area contributed by atoms with Crippen molar-refractivity contribution < 1.29 is 35.5 Å². The lowest BCUT2D eigenvalue weighted by Gasteiger charge is -2.28. The number of nitrogens with zero attached hydrogens (tertiary/aromatic N) is 9. The number of nitriles is 1. The van der Waals surface area contributed by atoms with Gasteiger partial charge in [0.1, 0.15) is 23.1 Å². The molecule has 0 fully saturated rings. The van der Waals surface area contributed by atoms with E-state index in [1.165, 1.54) is 28.7 Å². The van der Waals surface area contributed by atoms with E-state index in [2.05, 4.69) is 45.6 Å². The molecule has 0 bridgehead atoms. The number of pyridine rings is 1. The van der Waals surface area contributed by atoms with Crippen LogP contribution >= 0.6 is 46.8 Å². The Bertz CT molecular complexity index is 4180. The van der Waals surface area contributed by atoms with Gasteiger partial charge in [-0.05, 0) is 156 Å². The molecule has 0 aliphatic rings. The fraction of sp³-hybridized carbons (Fsp3) is 0.435. The minimum Gasteiger partial charge on any atom is -0.338 e. The molecule has 4 heterocycles. The first-order valence-electron chi connectivity index (χ1n) is 30.0. The third-order valence-electron chi connectivity index (χ3n) is 14.5. The van der Waals surface area contributed by atoms with Crippen LogP contribution in [0.15, 0.2) is 84.4 Å². The van der Waals surface area contributed by atoms with Gasteiger partial charge >= 0.3 is 0 Å². The summed E-state index contributed by atoms with van der Waals surface area (Å²) in [6.45, 7) is 29.1. The van der Waals surface area contributed by atoms with Gasteiger partial charge in [0.15, 0.2) is 16.8 Å². The van der Waals surface area contributed by atoms with E-state index in [0.717, 1.165) is 93.8 Å². The average molecular weight is 1340 g/mol. The maximum absolute atomic E-state index is 14.5. The third-order valence-corrected chi connectivity index (χ3v) is 21.3. The molecule has 4 aromatic carbocycles. The predicted molar refractivity (Wildman–Crippen MR) is 361 cm³/mol. The van der Waals surface area contributed by atoms with E-state index in [0.29, 0.717) is 97.1 Å². The summed E-state index contributed by atoms with van der Waals surface area (Å²) in [7, 11) is -7.95. The van der Waals surface area contributed by atoms with Gasteiger partial charge in [-0.15, -0.1) is 28.9 Å². The molecule has 5 N–H and O–H groups in total. The fourth-order valence-electron chi connectivity index (χ4n) is 10.0. The summed E-state index contributed by atoms with van der Waals surface area (Å²) in [5, 5.41) is 30.5. The van der Waals surface area contributed by atoms with Crippen molar-refractivity contribution in [3.05, 3.63) is 105 Å². The molecule has 4 aromatic heterocycles. The Morgan fingerprint density at radius 1 is 0.667 bits per heavy atom. The fourth-order valence-corrected chi connectivity index (χ4v) is 15.8. The third kappa shape index (κ3) is 16.4. The van der Waals surface area contributed by atoms with Crippen LogP contribution in [0.1, 0.15) is 150 Å². The van der Waals surface area contributed by atoms with Crippen LogP contribution in [-0.4, -0.2) is 67.7 Å². The van der Waals surface area contributed by atoms with E-state index < -0.39 is 25.5 Å². The number of hydrogen-bond acceptors (Lipinski definition) is 23. The smallest absolute Gasteiger partial charge is 0.241 e. The van der Waals surface area contributed by atoms with Gasteiger partial charge < -0.3 is 5.32 Å². The lowest BCUT2D eigenvalue weighted by molar-refractivity contribution is -0.244. The molecule has 8 aromatic rings. The maximum atomic E-state index is 14.5. The number of anilines is 5. The zero-order valence-electron chi connectivity index (χ0n) is 53.4. The van der Waals surface area contributed by atoms with E-state index in [9.17, 15) is 22.1 Å². The summed E-state index contributed by atoms with van der Waals surface area (Å²) >= 11 is 4.71. The number of unbranched alkanes of at least 4 members (excludes halogenated alkanes) is 4. The van der Waals surface area contributed by atoms with Crippen molar-refractivity contribution in [1.29, 1.82) is 5.26 Å². The quantitative estimate of drug-likeness (QED) is 0.00861. The Labute approximate surface area is 545 Å². The number of hydroxylamine groups is 2. The van der Waals surface area contributed by atoms with Crippen LogP contribution in [0.2, 0.25) is 0 Å². The van der Waals surface area contributed by atoms with Crippen LogP contribution in [-0.2, 0) is 44.1 Å². The van der Waals surface area contributed by atoms with Gasteiger partial charge in [0, 0.05) is 47.1 Å². The molecule has 0 spiro atoms. The van der Waals surface area contributed by atoms with E-state index in [-0.39, 0.29) is 45.8 Å². The SMILES string of the molecule is CCCCNOOSc1ccc2nc(-n3nc(C(C)(C)C)c(C#N)c3N=Nc3c(C)cc(N(c4nc5ccc(S(=O)(=O)NCCCC)cc5s4)c4c(C)cc(C)c(S(=O)(=O)NCCCC)c4C)nc3Nc3c(C)cc(C)c(SOONCCCC)c3C)sc2c1. The Balaban J connectivity index is 1.35. The maximum Gasteiger partial charge on any atom is 0.241 e. The zero-order valence-corrected chi connectivity index (χ0v) is 58.3. The van der Waals surface area contributed by atoms with Crippen molar-refractivity contribution in [3.63, 3.8) is 0 Å². The number of azo groups is 1. The Kier molecular flexibility index (Phi) is 24.1. The van der Waals surface area contributed by atoms with Crippen LogP contribution in [0.4, 0.5) is 39.6 Å². The molecule has 28 heteroatoms. The summed E-state index contributed by atoms with van der Waals surface area (Å²) in [5.74, 6) is 0.669. The number of aryl methyl sites for hydroxylation is 5. The molecule has 0 aliphatic carbocycles. The highest BCUT2D eigenvalue weighted by molar-refractivity contribution is 7.95. The van der Waals surface area contributed by atoms with Gasteiger partial charge in [0.2, 0.25) is 25.2 Å². The van der Waals surface area contributed by atoms with Crippen LogP contribution in [0.25, 0.3) is 25.6 Å². The second-order valence-electron chi connectivity index (χ2n) is 22.8. The van der Waals surface area contributed by atoms with Crippen molar-refractivity contribution in [3.8, 4) is 11.2 Å². The standard InChI is InChI=1S/C62H80N14O8S6/c1-15-19-27-64-81-83-87-44-23-25-47-49(34-44)86-61(69-47)76-59(46(36-63)57(74-76)62(12,13)14)73-72-53-38(6)33-51(70-58(53)71-52-37(5)31-40(8)55(42(52)10)88-84-82-65-28-20-16-2)75(54-39(7)32-41(9)56(43(54)11)90(79,80)67-30-22-18-4)60-68-48-26-24-45(35-50(48)85-60)89(77,78)66-29-21-17-3/h23-26,31-35,64-67H,15-22,27-30H2,1-14H3,(H,70,71). The van der Waals surface area contributed by atoms with Crippen LogP contribution < -0.4 is 30.6 Å². The largest absolute Gasteiger partial charge is 0.338 e. The van der Waals surface area contributed by atoms with Gasteiger partial charge in [-0.25, -0.2) is 41.2 Å². The number of aromatic nitrogens is 5. The minimum atomic E-state index is -4.07. The van der Waals surface area contributed by atoms with Crippen LogP contribution in [0.5, 0.6) is 0 Å². The topological polar surface area (TPSA) is 274 Å². The zero-order chi connectivity index (χ0) is 65.1. The first-order chi connectivity index (χ1) is 43.0. The van der Waals surface area contributed by atoms with Crippen molar-refractivity contribution in [2.45, 2.75) is 173 Å². The molecule has 0 atom stereocenters. The molecular formula is C62H80N14O8S6. The summed E-state index contributed by atoms with van der Waals surface area (Å²) in [5.41, 5.74) is 13.2. The Hall–Kier alpha value is -6.01. The molecular weight excluding hydrogens is 1260 g/mol. The molecule has 0 radical (unpaired) electrons. The highest BCUT2D eigenvalue weighted by Gasteiger charge is 2.32. The number of rotatable bonds is 32. The van der Waals surface area contributed by atoms with E-state index in [1.807, 2.05) is 111 Å². The Morgan fingerprint density at radius 2 is 1.28 bits per heavy atom. The van der Waals surface area contributed by atoms with Crippen LogP contribution in [0, 0.1) is 59.8 Å². The molecule has 0 amide bonds. The normalized spacial score (nSPS) is 12.3. The van der Waals surface area contributed by atoms with Gasteiger partial charge in [-0.2, -0.15) is 26.0 Å². The van der Waals surface area contributed by atoms with Crippen LogP contribution in [0.3, 0.4) is 0 Å². The van der Waals surface area contributed by atoms with Crippen molar-refractivity contribution in [2.75, 3.05) is 36.4 Å².